The molecule has 0 saturated heterocycles. The topological polar surface area (TPSA) is 75.3 Å². The standard InChI is InChI=1S/C11H8ClIN2O3S2/c12-7-1-3-8(4-2-7)20(17,18)15-14-11(16)10-9(13)5-6-19-10/h1-6,15H,(H,14,16). The van der Waals surface area contributed by atoms with Crippen LogP contribution < -0.4 is 10.3 Å². The second-order valence-corrected chi connectivity index (χ2v) is 7.81. The number of carbonyl (C=O) groups excluding carboxylic acids is 1. The van der Waals surface area contributed by atoms with E-state index < -0.39 is 15.9 Å². The number of sulfonamides is 1. The molecule has 0 bridgehead atoms. The Balaban J connectivity index is 2.08. The number of amides is 1. The van der Waals surface area contributed by atoms with Gasteiger partial charge in [-0.1, -0.05) is 11.6 Å². The molecule has 106 valence electrons. The van der Waals surface area contributed by atoms with Gasteiger partial charge in [0.25, 0.3) is 15.9 Å². The SMILES string of the molecule is O=C(NNS(=O)(=O)c1ccc(Cl)cc1)c1sccc1I. The van der Waals surface area contributed by atoms with E-state index >= 15 is 0 Å². The monoisotopic (exact) mass is 442 g/mol. The third-order valence-electron chi connectivity index (χ3n) is 2.25. The summed E-state index contributed by atoms with van der Waals surface area (Å²) in [4.78, 5) is 14.3. The van der Waals surface area contributed by atoms with Gasteiger partial charge in [-0.05, 0) is 58.3 Å². The van der Waals surface area contributed by atoms with Crippen LogP contribution in [-0.2, 0) is 10.0 Å². The van der Waals surface area contributed by atoms with Gasteiger partial charge in [0.05, 0.1) is 4.90 Å². The number of halogens is 2. The maximum atomic E-state index is 11.9. The van der Waals surface area contributed by atoms with Crippen LogP contribution in [0.4, 0.5) is 0 Å². The molecule has 0 unspecified atom stereocenters. The molecule has 0 atom stereocenters. The fraction of sp³-hybridized carbons (Fsp3) is 0. The Kier molecular flexibility index (Phi) is 5.02. The van der Waals surface area contributed by atoms with Crippen LogP contribution in [0.2, 0.25) is 5.02 Å². The highest BCUT2D eigenvalue weighted by Gasteiger charge is 2.17. The largest absolute Gasteiger partial charge is 0.277 e. The van der Waals surface area contributed by atoms with Crippen molar-refractivity contribution in [2.45, 2.75) is 4.90 Å². The Morgan fingerprint density at radius 3 is 2.40 bits per heavy atom. The van der Waals surface area contributed by atoms with Crippen LogP contribution in [0.25, 0.3) is 0 Å². The van der Waals surface area contributed by atoms with E-state index in [0.29, 0.717) is 9.90 Å². The summed E-state index contributed by atoms with van der Waals surface area (Å²) in [5.74, 6) is -0.498. The number of thiophene rings is 1. The fourth-order valence-corrected chi connectivity index (χ4v) is 3.99. The molecule has 5 nitrogen and oxygen atoms in total. The molecule has 2 aromatic rings. The van der Waals surface area contributed by atoms with Gasteiger partial charge >= 0.3 is 0 Å². The van der Waals surface area contributed by atoms with Crippen LogP contribution in [0, 0.1) is 3.57 Å². The quantitative estimate of drug-likeness (QED) is 0.565. The van der Waals surface area contributed by atoms with Crippen molar-refractivity contribution in [3.63, 3.8) is 0 Å². The van der Waals surface area contributed by atoms with Crippen molar-refractivity contribution < 1.29 is 13.2 Å². The first-order valence-electron chi connectivity index (χ1n) is 5.21. The first-order chi connectivity index (χ1) is 9.40. The number of benzene rings is 1. The molecule has 0 saturated carbocycles. The highest BCUT2D eigenvalue weighted by Crippen LogP contribution is 2.18. The molecule has 1 aromatic heterocycles. The molecule has 0 radical (unpaired) electrons. The third kappa shape index (κ3) is 3.70. The van der Waals surface area contributed by atoms with E-state index in [2.05, 4.69) is 5.43 Å². The van der Waals surface area contributed by atoms with Crippen molar-refractivity contribution in [1.29, 1.82) is 0 Å². The molecular weight excluding hydrogens is 435 g/mol. The highest BCUT2D eigenvalue weighted by molar-refractivity contribution is 14.1. The summed E-state index contributed by atoms with van der Waals surface area (Å²) in [5, 5.41) is 2.19. The normalized spacial score (nSPS) is 11.3. The Bertz CT molecular complexity index is 728. The number of carbonyl (C=O) groups is 1. The summed E-state index contributed by atoms with van der Waals surface area (Å²) in [6, 6.07) is 7.39. The van der Waals surface area contributed by atoms with E-state index in [4.69, 9.17) is 11.6 Å². The number of hydrazine groups is 1. The van der Waals surface area contributed by atoms with Crippen LogP contribution >= 0.6 is 45.5 Å². The van der Waals surface area contributed by atoms with Gasteiger partial charge in [-0.2, -0.15) is 0 Å². The molecule has 2 rings (SSSR count). The van der Waals surface area contributed by atoms with E-state index in [0.717, 1.165) is 3.57 Å². The van der Waals surface area contributed by atoms with Crippen LogP contribution in [-0.4, -0.2) is 14.3 Å². The maximum absolute atomic E-state index is 11.9. The molecule has 0 fully saturated rings. The van der Waals surface area contributed by atoms with Gasteiger partial charge in [-0.25, -0.2) is 8.42 Å². The zero-order valence-corrected chi connectivity index (χ0v) is 14.3. The van der Waals surface area contributed by atoms with E-state index in [-0.39, 0.29) is 4.90 Å². The molecule has 1 heterocycles. The second kappa shape index (κ2) is 6.39. The van der Waals surface area contributed by atoms with Crippen molar-refractivity contribution in [3.05, 3.63) is 49.2 Å². The Hall–Kier alpha value is -0.680. The number of hydrogen-bond donors (Lipinski definition) is 2. The summed E-state index contributed by atoms with van der Waals surface area (Å²) in [5.41, 5.74) is 2.17. The minimum atomic E-state index is -3.81. The molecule has 20 heavy (non-hydrogen) atoms. The van der Waals surface area contributed by atoms with Gasteiger partial charge in [0.15, 0.2) is 0 Å². The fourth-order valence-electron chi connectivity index (χ4n) is 1.30. The van der Waals surface area contributed by atoms with Gasteiger partial charge in [0.1, 0.15) is 4.88 Å². The molecule has 1 aromatic carbocycles. The summed E-state index contributed by atoms with van der Waals surface area (Å²) >= 11 is 8.93. The molecule has 1 amide bonds. The number of hydrogen-bond acceptors (Lipinski definition) is 4. The van der Waals surface area contributed by atoms with Crippen LogP contribution in [0.1, 0.15) is 9.67 Å². The highest BCUT2D eigenvalue weighted by atomic mass is 127. The van der Waals surface area contributed by atoms with Crippen molar-refractivity contribution in [1.82, 2.24) is 10.3 Å². The van der Waals surface area contributed by atoms with E-state index in [1.54, 1.807) is 11.4 Å². The Morgan fingerprint density at radius 1 is 1.20 bits per heavy atom. The lowest BCUT2D eigenvalue weighted by atomic mass is 10.4. The average Bonchev–Trinajstić information content (AvgIpc) is 2.83. The smallest absolute Gasteiger partial charge is 0.273 e. The molecule has 0 aliphatic rings. The van der Waals surface area contributed by atoms with Crippen LogP contribution in [0.15, 0.2) is 40.6 Å². The molecule has 0 spiro atoms. The number of nitrogens with one attached hydrogen (secondary N) is 2. The van der Waals surface area contributed by atoms with Gasteiger partial charge in [-0.3, -0.25) is 10.2 Å². The summed E-state index contributed by atoms with van der Waals surface area (Å²) in [6.07, 6.45) is 0. The predicted molar refractivity (Wildman–Crippen MR) is 86.3 cm³/mol. The lowest BCUT2D eigenvalue weighted by molar-refractivity contribution is 0.0948. The minimum absolute atomic E-state index is 0.0167. The molecule has 9 heteroatoms. The summed E-state index contributed by atoms with van der Waals surface area (Å²) < 4.78 is 24.6. The van der Waals surface area contributed by atoms with E-state index in [1.807, 2.05) is 27.4 Å². The lowest BCUT2D eigenvalue weighted by Gasteiger charge is -2.08. The van der Waals surface area contributed by atoms with Crippen molar-refractivity contribution >= 4 is 61.5 Å². The van der Waals surface area contributed by atoms with Crippen LogP contribution in [0.3, 0.4) is 0 Å². The van der Waals surface area contributed by atoms with E-state index in [1.165, 1.54) is 35.6 Å². The van der Waals surface area contributed by atoms with E-state index in [9.17, 15) is 13.2 Å². The summed E-state index contributed by atoms with van der Waals surface area (Å²) in [6.45, 7) is 0. The lowest BCUT2D eigenvalue weighted by Crippen LogP contribution is -2.41. The van der Waals surface area contributed by atoms with Gasteiger partial charge < -0.3 is 0 Å². The van der Waals surface area contributed by atoms with Crippen molar-refractivity contribution in [2.24, 2.45) is 0 Å². The first-order valence-corrected chi connectivity index (χ1v) is 9.03. The van der Waals surface area contributed by atoms with Gasteiger partial charge in [0, 0.05) is 8.59 Å². The summed E-state index contributed by atoms with van der Waals surface area (Å²) in [7, 11) is -3.81. The first kappa shape index (κ1) is 15.7. The molecule has 0 aliphatic heterocycles. The average molecular weight is 443 g/mol. The molecule has 0 aliphatic carbocycles. The van der Waals surface area contributed by atoms with Gasteiger partial charge in [-0.15, -0.1) is 16.2 Å². The van der Waals surface area contributed by atoms with Crippen molar-refractivity contribution in [3.8, 4) is 0 Å². The zero-order valence-electron chi connectivity index (χ0n) is 9.76. The second-order valence-electron chi connectivity index (χ2n) is 3.61. The molecular formula is C11H8ClIN2O3S2. The minimum Gasteiger partial charge on any atom is -0.273 e. The van der Waals surface area contributed by atoms with Crippen molar-refractivity contribution in [2.75, 3.05) is 0 Å². The third-order valence-corrected chi connectivity index (χ3v) is 5.94. The Labute approximate surface area is 138 Å². The number of rotatable bonds is 4. The van der Waals surface area contributed by atoms with Crippen LogP contribution in [0.5, 0.6) is 0 Å². The molecule has 2 N–H and O–H groups in total. The Morgan fingerprint density at radius 2 is 1.85 bits per heavy atom. The maximum Gasteiger partial charge on any atom is 0.277 e. The predicted octanol–water partition coefficient (Wildman–Crippen LogP) is 2.63. The van der Waals surface area contributed by atoms with Gasteiger partial charge in [0.2, 0.25) is 0 Å². The zero-order chi connectivity index (χ0) is 14.8.